The average molecular weight is 265 g/mol. The van der Waals surface area contributed by atoms with Gasteiger partial charge in [-0.3, -0.25) is 0 Å². The van der Waals surface area contributed by atoms with Crippen molar-refractivity contribution in [3.8, 4) is 0 Å². The second kappa shape index (κ2) is 5.72. The normalized spacial score (nSPS) is 27.4. The molecule has 1 aliphatic rings. The van der Waals surface area contributed by atoms with E-state index in [2.05, 4.69) is 31.1 Å². The zero-order valence-corrected chi connectivity index (χ0v) is 12.0. The number of carboxylic acids is 1. The van der Waals surface area contributed by atoms with Gasteiger partial charge in [-0.05, 0) is 37.5 Å². The molecule has 3 unspecified atom stereocenters. The van der Waals surface area contributed by atoms with E-state index in [0.717, 1.165) is 37.3 Å². The van der Waals surface area contributed by atoms with Crippen molar-refractivity contribution in [1.82, 2.24) is 15.0 Å². The summed E-state index contributed by atoms with van der Waals surface area (Å²) >= 11 is 0. The second-order valence-corrected chi connectivity index (χ2v) is 5.81. The average Bonchev–Trinajstić information content (AvgIpc) is 2.77. The van der Waals surface area contributed by atoms with E-state index in [1.165, 1.54) is 6.42 Å². The van der Waals surface area contributed by atoms with E-state index in [0.29, 0.717) is 12.0 Å². The van der Waals surface area contributed by atoms with E-state index in [4.69, 9.17) is 0 Å². The van der Waals surface area contributed by atoms with Crippen molar-refractivity contribution in [3.05, 3.63) is 11.4 Å². The van der Waals surface area contributed by atoms with Crippen LogP contribution in [0.3, 0.4) is 0 Å². The summed E-state index contributed by atoms with van der Waals surface area (Å²) in [6, 6.07) is 0.313. The molecule has 5 heteroatoms. The van der Waals surface area contributed by atoms with Gasteiger partial charge in [0.05, 0.1) is 11.7 Å². The van der Waals surface area contributed by atoms with E-state index < -0.39 is 5.97 Å². The van der Waals surface area contributed by atoms with Crippen molar-refractivity contribution < 1.29 is 9.90 Å². The van der Waals surface area contributed by atoms with Gasteiger partial charge in [-0.25, -0.2) is 9.48 Å². The number of aromatic nitrogens is 3. The molecule has 0 amide bonds. The molecule has 106 valence electrons. The first-order valence-electron chi connectivity index (χ1n) is 7.21. The monoisotopic (exact) mass is 265 g/mol. The molecule has 0 aromatic carbocycles. The molecule has 1 heterocycles. The maximum Gasteiger partial charge on any atom is 0.358 e. The molecule has 1 fully saturated rings. The molecule has 1 aromatic rings. The minimum Gasteiger partial charge on any atom is -0.476 e. The Morgan fingerprint density at radius 2 is 2.11 bits per heavy atom. The summed E-state index contributed by atoms with van der Waals surface area (Å²) in [4.78, 5) is 11.2. The maximum atomic E-state index is 11.2. The van der Waals surface area contributed by atoms with Crippen LogP contribution in [-0.4, -0.2) is 26.1 Å². The summed E-state index contributed by atoms with van der Waals surface area (Å²) in [7, 11) is 0. The molecule has 0 spiro atoms. The molecular formula is C14H23N3O2. The molecule has 19 heavy (non-hydrogen) atoms. The summed E-state index contributed by atoms with van der Waals surface area (Å²) in [5, 5.41) is 17.2. The lowest BCUT2D eigenvalue weighted by molar-refractivity contribution is 0.0689. The standard InChI is InChI=1S/C14H23N3O2/c1-4-5-12-13(14(18)19)15-16-17(12)11-7-6-9(2)10(3)8-11/h9-11H,4-8H2,1-3H3,(H,18,19). The fraction of sp³-hybridized carbons (Fsp3) is 0.786. The van der Waals surface area contributed by atoms with Gasteiger partial charge in [0.15, 0.2) is 5.69 Å². The lowest BCUT2D eigenvalue weighted by atomic mass is 9.79. The fourth-order valence-corrected chi connectivity index (χ4v) is 2.98. The Morgan fingerprint density at radius 3 is 2.68 bits per heavy atom. The van der Waals surface area contributed by atoms with Gasteiger partial charge in [0.2, 0.25) is 0 Å². The third-order valence-electron chi connectivity index (χ3n) is 4.40. The molecule has 1 aliphatic carbocycles. The number of hydrogen-bond donors (Lipinski definition) is 1. The van der Waals surface area contributed by atoms with Gasteiger partial charge in [-0.15, -0.1) is 5.10 Å². The van der Waals surface area contributed by atoms with Crippen LogP contribution >= 0.6 is 0 Å². The Kier molecular flexibility index (Phi) is 4.22. The van der Waals surface area contributed by atoms with Crippen LogP contribution in [-0.2, 0) is 6.42 Å². The highest BCUT2D eigenvalue weighted by molar-refractivity contribution is 5.86. The van der Waals surface area contributed by atoms with Crippen LogP contribution in [0.4, 0.5) is 0 Å². The smallest absolute Gasteiger partial charge is 0.358 e. The van der Waals surface area contributed by atoms with Gasteiger partial charge >= 0.3 is 5.97 Å². The lowest BCUT2D eigenvalue weighted by Gasteiger charge is -2.32. The van der Waals surface area contributed by atoms with Crippen LogP contribution in [0.25, 0.3) is 0 Å². The van der Waals surface area contributed by atoms with Crippen molar-refractivity contribution in [3.63, 3.8) is 0 Å². The van der Waals surface area contributed by atoms with Crippen molar-refractivity contribution in [2.24, 2.45) is 11.8 Å². The van der Waals surface area contributed by atoms with Gasteiger partial charge in [-0.1, -0.05) is 32.4 Å². The highest BCUT2D eigenvalue weighted by Gasteiger charge is 2.29. The Hall–Kier alpha value is -1.39. The van der Waals surface area contributed by atoms with Gasteiger partial charge in [0, 0.05) is 0 Å². The summed E-state index contributed by atoms with van der Waals surface area (Å²) in [5.74, 6) is 0.436. The summed E-state index contributed by atoms with van der Waals surface area (Å²) in [6.45, 7) is 6.61. The number of aromatic carboxylic acids is 1. The Balaban J connectivity index is 2.26. The first-order valence-corrected chi connectivity index (χ1v) is 7.21. The number of carbonyl (C=O) groups is 1. The quantitative estimate of drug-likeness (QED) is 0.908. The van der Waals surface area contributed by atoms with Gasteiger partial charge in [0.1, 0.15) is 0 Å². The molecule has 5 nitrogen and oxygen atoms in total. The molecule has 0 aliphatic heterocycles. The largest absolute Gasteiger partial charge is 0.476 e. The Bertz CT molecular complexity index is 456. The SMILES string of the molecule is CCCc1c(C(=O)O)nnn1C1CCC(C)C(C)C1. The zero-order chi connectivity index (χ0) is 14.0. The predicted molar refractivity (Wildman–Crippen MR) is 72.2 cm³/mol. The van der Waals surface area contributed by atoms with Crippen molar-refractivity contribution in [1.29, 1.82) is 0 Å². The molecule has 0 saturated heterocycles. The maximum absolute atomic E-state index is 11.2. The van der Waals surface area contributed by atoms with Crippen LogP contribution < -0.4 is 0 Å². The number of nitrogens with zero attached hydrogens (tertiary/aromatic N) is 3. The number of carboxylic acid groups (broad SMARTS) is 1. The Morgan fingerprint density at radius 1 is 1.37 bits per heavy atom. The zero-order valence-electron chi connectivity index (χ0n) is 12.0. The summed E-state index contributed by atoms with van der Waals surface area (Å²) in [5.41, 5.74) is 0.926. The van der Waals surface area contributed by atoms with Gasteiger partial charge in [-0.2, -0.15) is 0 Å². The van der Waals surface area contributed by atoms with Crippen LogP contribution in [0.2, 0.25) is 0 Å². The lowest BCUT2D eigenvalue weighted by Crippen LogP contribution is -2.25. The molecular weight excluding hydrogens is 242 g/mol. The van der Waals surface area contributed by atoms with Crippen LogP contribution in [0.15, 0.2) is 0 Å². The minimum atomic E-state index is -0.966. The van der Waals surface area contributed by atoms with E-state index in [1.807, 2.05) is 4.68 Å². The minimum absolute atomic E-state index is 0.133. The molecule has 1 aromatic heterocycles. The third kappa shape index (κ3) is 2.80. The summed E-state index contributed by atoms with van der Waals surface area (Å²) in [6.07, 6.45) is 4.96. The first kappa shape index (κ1) is 14.0. The van der Waals surface area contributed by atoms with Crippen LogP contribution in [0.1, 0.15) is 68.7 Å². The van der Waals surface area contributed by atoms with Crippen molar-refractivity contribution in [2.45, 2.75) is 58.9 Å². The summed E-state index contributed by atoms with van der Waals surface area (Å²) < 4.78 is 1.88. The van der Waals surface area contributed by atoms with Crippen LogP contribution in [0.5, 0.6) is 0 Å². The second-order valence-electron chi connectivity index (χ2n) is 5.81. The van der Waals surface area contributed by atoms with E-state index in [-0.39, 0.29) is 5.69 Å². The number of hydrogen-bond acceptors (Lipinski definition) is 3. The van der Waals surface area contributed by atoms with Gasteiger partial charge < -0.3 is 5.11 Å². The molecule has 2 rings (SSSR count). The topological polar surface area (TPSA) is 68.0 Å². The third-order valence-corrected chi connectivity index (χ3v) is 4.40. The molecule has 1 saturated carbocycles. The highest BCUT2D eigenvalue weighted by atomic mass is 16.4. The van der Waals surface area contributed by atoms with Crippen LogP contribution in [0, 0.1) is 11.8 Å². The van der Waals surface area contributed by atoms with E-state index in [1.54, 1.807) is 0 Å². The fourth-order valence-electron chi connectivity index (χ4n) is 2.98. The van der Waals surface area contributed by atoms with Crippen molar-refractivity contribution >= 4 is 5.97 Å². The van der Waals surface area contributed by atoms with Crippen molar-refractivity contribution in [2.75, 3.05) is 0 Å². The van der Waals surface area contributed by atoms with E-state index >= 15 is 0 Å². The molecule has 3 atom stereocenters. The molecule has 1 N–H and O–H groups in total. The van der Waals surface area contributed by atoms with E-state index in [9.17, 15) is 9.90 Å². The molecule has 0 bridgehead atoms. The Labute approximate surface area is 114 Å². The number of rotatable bonds is 4. The highest BCUT2D eigenvalue weighted by Crippen LogP contribution is 2.36. The predicted octanol–water partition coefficient (Wildman–Crippen LogP) is 2.93. The first-order chi connectivity index (χ1) is 9.04. The molecule has 0 radical (unpaired) electrons. The van der Waals surface area contributed by atoms with Gasteiger partial charge in [0.25, 0.3) is 0 Å².